The molecule has 4 nitrogen and oxygen atoms in total. The lowest BCUT2D eigenvalue weighted by molar-refractivity contribution is 0.416. The first-order chi connectivity index (χ1) is 11.3. The van der Waals surface area contributed by atoms with Crippen molar-refractivity contribution in [3.63, 3.8) is 0 Å². The molecule has 0 spiro atoms. The summed E-state index contributed by atoms with van der Waals surface area (Å²) in [6.07, 6.45) is 0.968. The first-order valence-electron chi connectivity index (χ1n) is 7.64. The predicted octanol–water partition coefficient (Wildman–Crippen LogP) is 4.46. The highest BCUT2D eigenvalue weighted by Crippen LogP contribution is 2.28. The fourth-order valence-corrected chi connectivity index (χ4v) is 2.49. The highest BCUT2D eigenvalue weighted by Gasteiger charge is 2.07. The number of para-hydroxylation sites is 2. The second kappa shape index (κ2) is 6.92. The number of nitrogens with zero attached hydrogens (tertiary/aromatic N) is 2. The van der Waals surface area contributed by atoms with Gasteiger partial charge in [-0.25, -0.2) is 0 Å². The second-order valence-electron chi connectivity index (χ2n) is 5.14. The molecular weight excluding hydrogens is 286 g/mol. The monoisotopic (exact) mass is 305 g/mol. The minimum absolute atomic E-state index is 0.726. The van der Waals surface area contributed by atoms with Crippen molar-refractivity contribution in [1.82, 2.24) is 10.2 Å². The topological polar surface area (TPSA) is 47.0 Å². The lowest BCUT2D eigenvalue weighted by atomic mass is 10.1. The van der Waals surface area contributed by atoms with Crippen LogP contribution in [0.2, 0.25) is 0 Å². The molecule has 2 aromatic carbocycles. The van der Waals surface area contributed by atoms with Gasteiger partial charge >= 0.3 is 0 Å². The number of nitrogens with one attached hydrogen (secondary N) is 1. The third-order valence-corrected chi connectivity index (χ3v) is 3.71. The zero-order valence-electron chi connectivity index (χ0n) is 13.3. The fourth-order valence-electron chi connectivity index (χ4n) is 2.49. The molecule has 1 aromatic heterocycles. The summed E-state index contributed by atoms with van der Waals surface area (Å²) in [6, 6.07) is 19.9. The van der Waals surface area contributed by atoms with Gasteiger partial charge in [0.1, 0.15) is 5.75 Å². The SMILES string of the molecule is CCc1ccccc1Nc1ccc(-c2ccccc2OC)nn1. The summed E-state index contributed by atoms with van der Waals surface area (Å²) >= 11 is 0. The number of aryl methyl sites for hydroxylation is 1. The molecular formula is C19H19N3O. The number of aromatic nitrogens is 2. The molecule has 0 bridgehead atoms. The first kappa shape index (κ1) is 15.0. The number of hydrogen-bond acceptors (Lipinski definition) is 4. The van der Waals surface area contributed by atoms with E-state index in [-0.39, 0.29) is 0 Å². The van der Waals surface area contributed by atoms with Gasteiger partial charge in [-0.2, -0.15) is 0 Å². The van der Waals surface area contributed by atoms with E-state index in [1.165, 1.54) is 5.56 Å². The maximum absolute atomic E-state index is 5.37. The standard InChI is InChI=1S/C19H19N3O/c1-3-14-8-4-6-10-16(14)20-19-13-12-17(21-22-19)15-9-5-7-11-18(15)23-2/h4-13H,3H2,1-2H3,(H,20,22). The third-order valence-electron chi connectivity index (χ3n) is 3.71. The van der Waals surface area contributed by atoms with Crippen molar-refractivity contribution in [2.75, 3.05) is 12.4 Å². The zero-order chi connectivity index (χ0) is 16.1. The van der Waals surface area contributed by atoms with Crippen LogP contribution in [0, 0.1) is 0 Å². The summed E-state index contributed by atoms with van der Waals surface area (Å²) in [5.41, 5.74) is 4.04. The molecule has 0 fully saturated rings. The fraction of sp³-hybridized carbons (Fsp3) is 0.158. The van der Waals surface area contributed by atoms with Crippen LogP contribution >= 0.6 is 0 Å². The molecule has 0 amide bonds. The maximum Gasteiger partial charge on any atom is 0.153 e. The summed E-state index contributed by atoms with van der Waals surface area (Å²) in [4.78, 5) is 0. The summed E-state index contributed by atoms with van der Waals surface area (Å²) in [5, 5.41) is 11.9. The Morgan fingerprint density at radius 3 is 2.43 bits per heavy atom. The number of methoxy groups -OCH3 is 1. The largest absolute Gasteiger partial charge is 0.496 e. The van der Waals surface area contributed by atoms with Gasteiger partial charge in [0.05, 0.1) is 12.8 Å². The summed E-state index contributed by atoms with van der Waals surface area (Å²) in [5.74, 6) is 1.52. The van der Waals surface area contributed by atoms with Crippen molar-refractivity contribution in [1.29, 1.82) is 0 Å². The van der Waals surface area contributed by atoms with E-state index in [4.69, 9.17) is 4.74 Å². The molecule has 0 aliphatic carbocycles. The van der Waals surface area contributed by atoms with E-state index in [0.717, 1.165) is 34.9 Å². The summed E-state index contributed by atoms with van der Waals surface area (Å²) in [6.45, 7) is 2.14. The van der Waals surface area contributed by atoms with Crippen molar-refractivity contribution in [2.24, 2.45) is 0 Å². The molecule has 23 heavy (non-hydrogen) atoms. The van der Waals surface area contributed by atoms with Crippen molar-refractivity contribution < 1.29 is 4.74 Å². The minimum Gasteiger partial charge on any atom is -0.496 e. The van der Waals surface area contributed by atoms with Crippen LogP contribution in [0.25, 0.3) is 11.3 Å². The smallest absolute Gasteiger partial charge is 0.153 e. The van der Waals surface area contributed by atoms with Crippen LogP contribution in [0.15, 0.2) is 60.7 Å². The Balaban J connectivity index is 1.85. The highest BCUT2D eigenvalue weighted by molar-refractivity contribution is 5.68. The van der Waals surface area contributed by atoms with Gasteiger partial charge in [-0.15, -0.1) is 10.2 Å². The van der Waals surface area contributed by atoms with E-state index >= 15 is 0 Å². The number of rotatable bonds is 5. The van der Waals surface area contributed by atoms with Crippen LogP contribution in [-0.2, 0) is 6.42 Å². The van der Waals surface area contributed by atoms with Gasteiger partial charge in [0.2, 0.25) is 0 Å². The molecule has 0 radical (unpaired) electrons. The van der Waals surface area contributed by atoms with Gasteiger partial charge in [-0.3, -0.25) is 0 Å². The molecule has 1 heterocycles. The molecule has 0 aliphatic heterocycles. The third kappa shape index (κ3) is 3.31. The Bertz CT molecular complexity index is 785. The van der Waals surface area contributed by atoms with Crippen LogP contribution in [0.4, 0.5) is 11.5 Å². The number of anilines is 2. The lowest BCUT2D eigenvalue weighted by Gasteiger charge is -2.10. The number of benzene rings is 2. The Morgan fingerprint density at radius 2 is 1.70 bits per heavy atom. The zero-order valence-corrected chi connectivity index (χ0v) is 13.3. The summed E-state index contributed by atoms with van der Waals surface area (Å²) < 4.78 is 5.37. The van der Waals surface area contributed by atoms with Crippen LogP contribution in [0.3, 0.4) is 0 Å². The number of hydrogen-bond donors (Lipinski definition) is 1. The second-order valence-corrected chi connectivity index (χ2v) is 5.14. The molecule has 3 aromatic rings. The Morgan fingerprint density at radius 1 is 0.913 bits per heavy atom. The van der Waals surface area contributed by atoms with Crippen LogP contribution < -0.4 is 10.1 Å². The Kier molecular flexibility index (Phi) is 4.52. The molecule has 116 valence electrons. The molecule has 4 heteroatoms. The molecule has 0 saturated carbocycles. The first-order valence-corrected chi connectivity index (χ1v) is 7.64. The molecule has 3 rings (SSSR count). The average Bonchev–Trinajstić information content (AvgIpc) is 2.63. The molecule has 0 saturated heterocycles. The van der Waals surface area contributed by atoms with E-state index in [2.05, 4.69) is 34.6 Å². The molecule has 0 aliphatic rings. The molecule has 0 atom stereocenters. The van der Waals surface area contributed by atoms with Gasteiger partial charge in [-0.1, -0.05) is 37.3 Å². The Labute approximate surface area is 136 Å². The van der Waals surface area contributed by atoms with Gasteiger partial charge in [0.25, 0.3) is 0 Å². The van der Waals surface area contributed by atoms with Crippen LogP contribution in [0.1, 0.15) is 12.5 Å². The van der Waals surface area contributed by atoms with Gasteiger partial charge in [0, 0.05) is 11.3 Å². The van der Waals surface area contributed by atoms with E-state index in [0.29, 0.717) is 0 Å². The summed E-state index contributed by atoms with van der Waals surface area (Å²) in [7, 11) is 1.66. The Hall–Kier alpha value is -2.88. The van der Waals surface area contributed by atoms with E-state index in [1.54, 1.807) is 7.11 Å². The van der Waals surface area contributed by atoms with Crippen molar-refractivity contribution in [2.45, 2.75) is 13.3 Å². The van der Waals surface area contributed by atoms with E-state index in [9.17, 15) is 0 Å². The predicted molar refractivity (Wildman–Crippen MR) is 93.1 cm³/mol. The van der Waals surface area contributed by atoms with Crippen molar-refractivity contribution in [3.8, 4) is 17.0 Å². The maximum atomic E-state index is 5.37. The van der Waals surface area contributed by atoms with Crippen LogP contribution in [-0.4, -0.2) is 17.3 Å². The molecule has 0 unspecified atom stereocenters. The quantitative estimate of drug-likeness (QED) is 0.756. The minimum atomic E-state index is 0.726. The normalized spacial score (nSPS) is 10.3. The van der Waals surface area contributed by atoms with Crippen molar-refractivity contribution in [3.05, 3.63) is 66.2 Å². The molecule has 1 N–H and O–H groups in total. The number of ether oxygens (including phenoxy) is 1. The van der Waals surface area contributed by atoms with Gasteiger partial charge in [-0.05, 0) is 42.3 Å². The van der Waals surface area contributed by atoms with E-state index in [1.807, 2.05) is 48.5 Å². The van der Waals surface area contributed by atoms with Crippen molar-refractivity contribution >= 4 is 11.5 Å². The lowest BCUT2D eigenvalue weighted by Crippen LogP contribution is -1.99. The van der Waals surface area contributed by atoms with Crippen LogP contribution in [0.5, 0.6) is 5.75 Å². The average molecular weight is 305 g/mol. The van der Waals surface area contributed by atoms with Gasteiger partial charge < -0.3 is 10.1 Å². The van der Waals surface area contributed by atoms with Gasteiger partial charge in [0.15, 0.2) is 5.82 Å². The van der Waals surface area contributed by atoms with E-state index < -0.39 is 0 Å². The highest BCUT2D eigenvalue weighted by atomic mass is 16.5.